The molecule has 0 aliphatic heterocycles. The van der Waals surface area contributed by atoms with Crippen LogP contribution in [0.1, 0.15) is 71.6 Å². The molecule has 0 saturated carbocycles. The van der Waals surface area contributed by atoms with Crippen LogP contribution in [0.2, 0.25) is 0 Å². The van der Waals surface area contributed by atoms with Crippen LogP contribution in [-0.4, -0.2) is 0 Å². The van der Waals surface area contributed by atoms with Crippen LogP contribution in [-0.2, 0) is 0 Å². The van der Waals surface area contributed by atoms with E-state index < -0.39 is 6.08 Å². The lowest BCUT2D eigenvalue weighted by atomic mass is 9.92. The first-order valence-corrected chi connectivity index (χ1v) is 6.71. The zero-order chi connectivity index (χ0) is 12.2. The molecule has 0 rings (SSSR count). The van der Waals surface area contributed by atoms with Crippen molar-refractivity contribution < 1.29 is 8.78 Å². The average molecular weight is 232 g/mol. The summed E-state index contributed by atoms with van der Waals surface area (Å²) in [5.74, 6) is 0.471. The van der Waals surface area contributed by atoms with Gasteiger partial charge >= 0.3 is 0 Å². The maximum absolute atomic E-state index is 12.0. The van der Waals surface area contributed by atoms with Crippen molar-refractivity contribution in [3.05, 3.63) is 12.2 Å². The van der Waals surface area contributed by atoms with E-state index in [2.05, 4.69) is 13.8 Å². The van der Waals surface area contributed by atoms with Crippen LogP contribution in [0.15, 0.2) is 12.2 Å². The van der Waals surface area contributed by atoms with Gasteiger partial charge in [0.1, 0.15) is 0 Å². The Bertz CT molecular complexity index is 172. The molecule has 0 saturated heterocycles. The van der Waals surface area contributed by atoms with Crippen LogP contribution in [0.4, 0.5) is 8.78 Å². The third kappa shape index (κ3) is 10.1. The largest absolute Gasteiger partial charge is 0.266 e. The average Bonchev–Trinajstić information content (AvgIpc) is 2.26. The second-order valence-electron chi connectivity index (χ2n) is 4.59. The summed E-state index contributed by atoms with van der Waals surface area (Å²) in [6, 6.07) is 0. The van der Waals surface area contributed by atoms with Crippen LogP contribution >= 0.6 is 0 Å². The summed E-state index contributed by atoms with van der Waals surface area (Å²) in [5.41, 5.74) is 0. The van der Waals surface area contributed by atoms with Crippen LogP contribution in [0.3, 0.4) is 0 Å². The SMILES string of the molecule is CCCCCC[C@H](CC=C(F)F)CCCC. The van der Waals surface area contributed by atoms with E-state index in [-0.39, 0.29) is 0 Å². The Morgan fingerprint density at radius 2 is 1.56 bits per heavy atom. The molecule has 0 aromatic carbocycles. The highest BCUT2D eigenvalue weighted by molar-refractivity contribution is 4.83. The number of allylic oxidation sites excluding steroid dienone is 1. The van der Waals surface area contributed by atoms with E-state index in [0.717, 1.165) is 25.3 Å². The fraction of sp³-hybridized carbons (Fsp3) is 0.857. The lowest BCUT2D eigenvalue weighted by molar-refractivity contribution is 0.388. The zero-order valence-corrected chi connectivity index (χ0v) is 10.8. The van der Waals surface area contributed by atoms with E-state index in [1.165, 1.54) is 32.1 Å². The molecule has 0 bridgehead atoms. The molecule has 0 nitrogen and oxygen atoms in total. The first-order chi connectivity index (χ1) is 7.70. The van der Waals surface area contributed by atoms with Gasteiger partial charge in [-0.05, 0) is 18.4 Å². The Balaban J connectivity index is 3.76. The minimum Gasteiger partial charge on any atom is -0.174 e. The molecule has 16 heavy (non-hydrogen) atoms. The van der Waals surface area contributed by atoms with Gasteiger partial charge in [-0.3, -0.25) is 0 Å². The van der Waals surface area contributed by atoms with Crippen molar-refractivity contribution in [3.8, 4) is 0 Å². The standard InChI is InChI=1S/C14H26F2/c1-3-5-7-8-10-13(9-6-4-2)11-12-14(15)16/h12-13H,3-11H2,1-2H3/t13-/m1/s1. The van der Waals surface area contributed by atoms with E-state index in [4.69, 9.17) is 0 Å². The quantitative estimate of drug-likeness (QED) is 0.409. The van der Waals surface area contributed by atoms with E-state index in [9.17, 15) is 8.78 Å². The molecule has 0 amide bonds. The number of halogens is 2. The van der Waals surface area contributed by atoms with E-state index in [1.807, 2.05) is 0 Å². The van der Waals surface area contributed by atoms with Crippen molar-refractivity contribution >= 4 is 0 Å². The third-order valence-corrected chi connectivity index (χ3v) is 3.04. The Labute approximate surface area is 99.1 Å². The van der Waals surface area contributed by atoms with Crippen molar-refractivity contribution in [2.24, 2.45) is 5.92 Å². The summed E-state index contributed by atoms with van der Waals surface area (Å²) in [7, 11) is 0. The molecule has 2 heteroatoms. The van der Waals surface area contributed by atoms with Gasteiger partial charge in [0, 0.05) is 0 Å². The van der Waals surface area contributed by atoms with Crippen LogP contribution in [0.25, 0.3) is 0 Å². The topological polar surface area (TPSA) is 0 Å². The van der Waals surface area contributed by atoms with Gasteiger partial charge in [-0.15, -0.1) is 0 Å². The van der Waals surface area contributed by atoms with Crippen molar-refractivity contribution in [1.29, 1.82) is 0 Å². The fourth-order valence-electron chi connectivity index (χ4n) is 1.99. The van der Waals surface area contributed by atoms with Crippen LogP contribution < -0.4 is 0 Å². The summed E-state index contributed by atoms with van der Waals surface area (Å²) in [6.07, 6.45) is 9.64. The highest BCUT2D eigenvalue weighted by Gasteiger charge is 2.07. The summed E-state index contributed by atoms with van der Waals surface area (Å²) in [4.78, 5) is 0. The Kier molecular flexibility index (Phi) is 10.8. The van der Waals surface area contributed by atoms with Gasteiger partial charge in [0.05, 0.1) is 0 Å². The monoisotopic (exact) mass is 232 g/mol. The first-order valence-electron chi connectivity index (χ1n) is 6.71. The number of unbranched alkanes of at least 4 members (excludes halogenated alkanes) is 4. The number of hydrogen-bond donors (Lipinski definition) is 0. The summed E-state index contributed by atoms with van der Waals surface area (Å²) >= 11 is 0. The minimum absolute atomic E-state index is 0.471. The van der Waals surface area contributed by atoms with Gasteiger partial charge in [-0.2, -0.15) is 8.78 Å². The summed E-state index contributed by atoms with van der Waals surface area (Å²) < 4.78 is 24.0. The van der Waals surface area contributed by atoms with E-state index in [1.54, 1.807) is 0 Å². The predicted octanol–water partition coefficient (Wildman–Crippen LogP) is 5.93. The smallest absolute Gasteiger partial charge is 0.174 e. The Morgan fingerprint density at radius 1 is 0.938 bits per heavy atom. The summed E-state index contributed by atoms with van der Waals surface area (Å²) in [6.45, 7) is 4.34. The van der Waals surface area contributed by atoms with Crippen molar-refractivity contribution in [2.45, 2.75) is 71.6 Å². The van der Waals surface area contributed by atoms with Gasteiger partial charge in [0.25, 0.3) is 6.08 Å². The number of rotatable bonds is 10. The minimum atomic E-state index is -1.52. The normalized spacial score (nSPS) is 12.5. The molecule has 0 spiro atoms. The molecule has 0 radical (unpaired) electrons. The maximum Gasteiger partial charge on any atom is 0.266 e. The molecule has 0 aromatic rings. The second-order valence-corrected chi connectivity index (χ2v) is 4.59. The molecule has 0 aliphatic rings. The molecule has 0 aliphatic carbocycles. The van der Waals surface area contributed by atoms with Gasteiger partial charge in [0.15, 0.2) is 0 Å². The molecule has 0 N–H and O–H groups in total. The number of hydrogen-bond acceptors (Lipinski definition) is 0. The molecule has 0 aromatic heterocycles. The first kappa shape index (κ1) is 15.6. The maximum atomic E-state index is 12.0. The zero-order valence-electron chi connectivity index (χ0n) is 10.8. The fourth-order valence-corrected chi connectivity index (χ4v) is 1.99. The molecule has 96 valence electrons. The van der Waals surface area contributed by atoms with Crippen molar-refractivity contribution in [2.75, 3.05) is 0 Å². The highest BCUT2D eigenvalue weighted by atomic mass is 19.3. The lowest BCUT2D eigenvalue weighted by Crippen LogP contribution is -1.99. The van der Waals surface area contributed by atoms with E-state index >= 15 is 0 Å². The summed E-state index contributed by atoms with van der Waals surface area (Å²) in [5, 5.41) is 0. The molecule has 1 atom stereocenters. The van der Waals surface area contributed by atoms with Gasteiger partial charge in [-0.25, -0.2) is 0 Å². The second kappa shape index (κ2) is 11.1. The van der Waals surface area contributed by atoms with Crippen LogP contribution in [0.5, 0.6) is 0 Å². The molecule has 0 heterocycles. The third-order valence-electron chi connectivity index (χ3n) is 3.04. The lowest BCUT2D eigenvalue weighted by Gasteiger charge is -2.14. The van der Waals surface area contributed by atoms with Gasteiger partial charge < -0.3 is 0 Å². The van der Waals surface area contributed by atoms with Crippen molar-refractivity contribution in [1.82, 2.24) is 0 Å². The molecular weight excluding hydrogens is 206 g/mol. The predicted molar refractivity (Wildman–Crippen MR) is 66.7 cm³/mol. The molecule has 0 fully saturated rings. The Hall–Kier alpha value is -0.400. The van der Waals surface area contributed by atoms with Gasteiger partial charge in [-0.1, -0.05) is 65.2 Å². The van der Waals surface area contributed by atoms with E-state index in [0.29, 0.717) is 12.3 Å². The van der Waals surface area contributed by atoms with Crippen molar-refractivity contribution in [3.63, 3.8) is 0 Å². The van der Waals surface area contributed by atoms with Gasteiger partial charge in [0.2, 0.25) is 0 Å². The molecular formula is C14H26F2. The Morgan fingerprint density at radius 3 is 2.12 bits per heavy atom. The molecule has 0 unspecified atom stereocenters. The van der Waals surface area contributed by atoms with Crippen LogP contribution in [0, 0.1) is 5.92 Å². The highest BCUT2D eigenvalue weighted by Crippen LogP contribution is 2.22.